The maximum absolute atomic E-state index is 13.4. The minimum atomic E-state index is -0.691. The molecule has 0 unspecified atom stereocenters. The summed E-state index contributed by atoms with van der Waals surface area (Å²) in [6.45, 7) is 0.218. The number of aromatic nitrogens is 1. The first kappa shape index (κ1) is 12.9. The number of fused-ring (bicyclic) bond motifs is 1. The summed E-state index contributed by atoms with van der Waals surface area (Å²) in [5.41, 5.74) is 1.29. The van der Waals surface area contributed by atoms with E-state index in [-0.39, 0.29) is 12.1 Å². The summed E-state index contributed by atoms with van der Waals surface area (Å²) < 4.78 is 13.7. The van der Waals surface area contributed by atoms with Crippen LogP contribution in [0.4, 0.5) is 10.1 Å². The molecule has 20 heavy (non-hydrogen) atoms. The zero-order valence-electron chi connectivity index (χ0n) is 10.1. The summed E-state index contributed by atoms with van der Waals surface area (Å²) in [6, 6.07) is 5.88. The van der Waals surface area contributed by atoms with Crippen LogP contribution >= 0.6 is 15.9 Å². The number of Topliss-reactive ketones (excluding diaryl/α,β-unsaturated/α-hetero) is 1. The second-order valence-electron chi connectivity index (χ2n) is 4.37. The van der Waals surface area contributed by atoms with Crippen molar-refractivity contribution >= 4 is 33.3 Å². The first-order valence-corrected chi connectivity index (χ1v) is 6.61. The zero-order chi connectivity index (χ0) is 14.3. The van der Waals surface area contributed by atoms with E-state index in [4.69, 9.17) is 0 Å². The highest BCUT2D eigenvalue weighted by atomic mass is 79.9. The van der Waals surface area contributed by atoms with Crippen molar-refractivity contribution in [2.45, 2.75) is 6.54 Å². The molecule has 1 aliphatic rings. The van der Waals surface area contributed by atoms with Gasteiger partial charge in [0.2, 0.25) is 0 Å². The van der Waals surface area contributed by atoms with Crippen molar-refractivity contribution in [1.82, 2.24) is 4.98 Å². The number of rotatable bonds is 2. The van der Waals surface area contributed by atoms with Crippen LogP contribution in [0.15, 0.2) is 41.1 Å². The molecule has 4 nitrogen and oxygen atoms in total. The number of hydrogen-bond donors (Lipinski definition) is 0. The van der Waals surface area contributed by atoms with Crippen LogP contribution in [0.5, 0.6) is 0 Å². The van der Waals surface area contributed by atoms with Gasteiger partial charge >= 0.3 is 0 Å². The predicted octanol–water partition coefficient (Wildman–Crippen LogP) is 2.71. The number of halogens is 2. The quantitative estimate of drug-likeness (QED) is 0.793. The van der Waals surface area contributed by atoms with Gasteiger partial charge < -0.3 is 0 Å². The van der Waals surface area contributed by atoms with Crippen molar-refractivity contribution in [2.75, 3.05) is 4.90 Å². The summed E-state index contributed by atoms with van der Waals surface area (Å²) in [7, 11) is 0. The van der Waals surface area contributed by atoms with Gasteiger partial charge in [-0.1, -0.05) is 6.07 Å². The molecule has 2 heterocycles. The highest BCUT2D eigenvalue weighted by molar-refractivity contribution is 9.10. The molecule has 0 saturated carbocycles. The Hall–Kier alpha value is -2.08. The molecule has 0 spiro atoms. The molecule has 0 saturated heterocycles. The standard InChI is InChI=1S/C14H8BrFN2O2/c15-11-5-9(16)4-10-12(11)18(14(20)13(10)19)7-8-2-1-3-17-6-8/h1-6H,7H2. The smallest absolute Gasteiger partial charge is 0.299 e. The zero-order valence-corrected chi connectivity index (χ0v) is 11.7. The van der Waals surface area contributed by atoms with Crippen molar-refractivity contribution in [3.8, 4) is 0 Å². The van der Waals surface area contributed by atoms with E-state index in [9.17, 15) is 14.0 Å². The number of hydrogen-bond acceptors (Lipinski definition) is 3. The number of pyridine rings is 1. The van der Waals surface area contributed by atoms with Crippen molar-refractivity contribution in [3.05, 3.63) is 58.1 Å². The Kier molecular flexibility index (Phi) is 3.10. The number of anilines is 1. The molecule has 0 atom stereocenters. The molecule has 0 radical (unpaired) electrons. The molecule has 1 aromatic heterocycles. The van der Waals surface area contributed by atoms with Crippen LogP contribution in [0.3, 0.4) is 0 Å². The average Bonchev–Trinajstić information content (AvgIpc) is 2.65. The van der Waals surface area contributed by atoms with Crippen LogP contribution in [0.25, 0.3) is 0 Å². The van der Waals surface area contributed by atoms with E-state index in [1.807, 2.05) is 0 Å². The summed E-state index contributed by atoms with van der Waals surface area (Å²) in [5.74, 6) is -1.90. The van der Waals surface area contributed by atoms with Crippen LogP contribution in [-0.4, -0.2) is 16.7 Å². The number of benzene rings is 1. The van der Waals surface area contributed by atoms with Gasteiger partial charge in [-0.25, -0.2) is 4.39 Å². The van der Waals surface area contributed by atoms with Gasteiger partial charge in [-0.05, 0) is 39.7 Å². The Morgan fingerprint density at radius 1 is 1.30 bits per heavy atom. The maximum Gasteiger partial charge on any atom is 0.299 e. The van der Waals surface area contributed by atoms with Crippen molar-refractivity contribution in [3.63, 3.8) is 0 Å². The molecule has 6 heteroatoms. The molecule has 1 aliphatic heterocycles. The molecule has 1 aromatic carbocycles. The Morgan fingerprint density at radius 3 is 2.80 bits per heavy atom. The van der Waals surface area contributed by atoms with Crippen LogP contribution in [0.1, 0.15) is 15.9 Å². The summed E-state index contributed by atoms with van der Waals surface area (Å²) in [4.78, 5) is 29.3. The molecule has 0 fully saturated rings. The third-order valence-corrected chi connectivity index (χ3v) is 3.65. The van der Waals surface area contributed by atoms with Gasteiger partial charge in [0.25, 0.3) is 11.7 Å². The van der Waals surface area contributed by atoms with Gasteiger partial charge in [0.15, 0.2) is 0 Å². The average molecular weight is 335 g/mol. The van der Waals surface area contributed by atoms with Gasteiger partial charge in [0.1, 0.15) is 5.82 Å². The van der Waals surface area contributed by atoms with Crippen molar-refractivity contribution in [1.29, 1.82) is 0 Å². The first-order valence-electron chi connectivity index (χ1n) is 5.82. The van der Waals surface area contributed by atoms with Crippen molar-refractivity contribution < 1.29 is 14.0 Å². The number of amides is 1. The Morgan fingerprint density at radius 2 is 2.10 bits per heavy atom. The highest BCUT2D eigenvalue weighted by Crippen LogP contribution is 2.37. The van der Waals surface area contributed by atoms with E-state index in [2.05, 4.69) is 20.9 Å². The summed E-state index contributed by atoms with van der Waals surface area (Å²) in [5, 5.41) is 0. The molecule has 0 N–H and O–H groups in total. The molecule has 0 aliphatic carbocycles. The Balaban J connectivity index is 2.07. The van der Waals surface area contributed by atoms with E-state index >= 15 is 0 Å². The summed E-state index contributed by atoms with van der Waals surface area (Å²) in [6.07, 6.45) is 3.24. The normalized spacial score (nSPS) is 13.8. The predicted molar refractivity (Wildman–Crippen MR) is 73.9 cm³/mol. The third-order valence-electron chi connectivity index (χ3n) is 3.05. The molecule has 1 amide bonds. The fraction of sp³-hybridized carbons (Fsp3) is 0.0714. The molecule has 3 rings (SSSR count). The fourth-order valence-corrected chi connectivity index (χ4v) is 2.82. The number of nitrogens with zero attached hydrogens (tertiary/aromatic N) is 2. The van der Waals surface area contributed by atoms with Crippen molar-refractivity contribution in [2.24, 2.45) is 0 Å². The molecule has 100 valence electrons. The second-order valence-corrected chi connectivity index (χ2v) is 5.22. The Labute approximate surface area is 122 Å². The minimum Gasteiger partial charge on any atom is -0.299 e. The second kappa shape index (κ2) is 4.79. The first-order chi connectivity index (χ1) is 9.58. The Bertz CT molecular complexity index is 719. The lowest BCUT2D eigenvalue weighted by Gasteiger charge is -2.17. The van der Waals surface area contributed by atoms with Gasteiger partial charge in [0, 0.05) is 16.9 Å². The van der Waals surface area contributed by atoms with Gasteiger partial charge in [0.05, 0.1) is 17.8 Å². The van der Waals surface area contributed by atoms with Gasteiger partial charge in [-0.2, -0.15) is 0 Å². The van der Waals surface area contributed by atoms with E-state index in [0.29, 0.717) is 10.2 Å². The monoisotopic (exact) mass is 334 g/mol. The van der Waals surface area contributed by atoms with Crippen LogP contribution in [0.2, 0.25) is 0 Å². The number of carbonyl (C=O) groups is 2. The van der Waals surface area contributed by atoms with E-state index < -0.39 is 17.5 Å². The topological polar surface area (TPSA) is 50.3 Å². The minimum absolute atomic E-state index is 0.0887. The van der Waals surface area contributed by atoms with Crippen LogP contribution in [-0.2, 0) is 11.3 Å². The lowest BCUT2D eigenvalue weighted by Crippen LogP contribution is -2.29. The van der Waals surface area contributed by atoms with E-state index in [1.54, 1.807) is 24.5 Å². The third kappa shape index (κ3) is 2.02. The molecule has 2 aromatic rings. The highest BCUT2D eigenvalue weighted by Gasteiger charge is 2.37. The lowest BCUT2D eigenvalue weighted by molar-refractivity contribution is -0.114. The number of carbonyl (C=O) groups excluding carboxylic acids is 2. The SMILES string of the molecule is O=C1C(=O)N(Cc2cccnc2)c2c(Br)cc(F)cc21. The largest absolute Gasteiger partial charge is 0.299 e. The molecule has 0 bridgehead atoms. The van der Waals surface area contributed by atoms with Crippen LogP contribution < -0.4 is 4.90 Å². The molecular formula is C14H8BrFN2O2. The fourth-order valence-electron chi connectivity index (χ4n) is 2.18. The van der Waals surface area contributed by atoms with Crippen LogP contribution in [0, 0.1) is 5.82 Å². The van der Waals surface area contributed by atoms with Gasteiger partial charge in [-0.15, -0.1) is 0 Å². The van der Waals surface area contributed by atoms with Gasteiger partial charge in [-0.3, -0.25) is 19.5 Å². The summed E-state index contributed by atoms with van der Waals surface area (Å²) >= 11 is 3.21. The lowest BCUT2D eigenvalue weighted by atomic mass is 10.1. The number of ketones is 1. The van der Waals surface area contributed by atoms with E-state index in [0.717, 1.165) is 11.6 Å². The maximum atomic E-state index is 13.4. The molecular weight excluding hydrogens is 327 g/mol. The van der Waals surface area contributed by atoms with E-state index in [1.165, 1.54) is 11.0 Å².